The summed E-state index contributed by atoms with van der Waals surface area (Å²) in [6.07, 6.45) is 0. The first-order chi connectivity index (χ1) is 10.5. The molecule has 0 fully saturated rings. The highest BCUT2D eigenvalue weighted by atomic mass is 19.1. The predicted molar refractivity (Wildman–Crippen MR) is 83.4 cm³/mol. The van der Waals surface area contributed by atoms with E-state index in [4.69, 9.17) is 4.74 Å². The Morgan fingerprint density at radius 1 is 1.23 bits per heavy atom. The molecule has 114 valence electrons. The fraction of sp³-hybridized carbons (Fsp3) is 0.278. The normalized spacial score (nSPS) is 16.5. The van der Waals surface area contributed by atoms with Crippen molar-refractivity contribution in [3.63, 3.8) is 0 Å². The van der Waals surface area contributed by atoms with Crippen molar-refractivity contribution >= 4 is 11.6 Å². The molecule has 1 amide bonds. The molecule has 0 spiro atoms. The Kier molecular flexibility index (Phi) is 3.84. The van der Waals surface area contributed by atoms with E-state index >= 15 is 0 Å². The number of benzene rings is 2. The van der Waals surface area contributed by atoms with Crippen molar-refractivity contribution in [1.82, 2.24) is 0 Å². The number of rotatable bonds is 4. The molecule has 1 atom stereocenters. The van der Waals surface area contributed by atoms with Crippen molar-refractivity contribution in [2.75, 3.05) is 5.32 Å². The summed E-state index contributed by atoms with van der Waals surface area (Å²) >= 11 is 0. The van der Waals surface area contributed by atoms with Crippen molar-refractivity contribution < 1.29 is 13.9 Å². The molecule has 2 aromatic carbocycles. The molecule has 0 bridgehead atoms. The lowest BCUT2D eigenvalue weighted by molar-refractivity contribution is -0.117. The van der Waals surface area contributed by atoms with Gasteiger partial charge in [-0.15, -0.1) is 0 Å². The molecule has 3 nitrogen and oxygen atoms in total. The summed E-state index contributed by atoms with van der Waals surface area (Å²) in [6, 6.07) is 11.9. The number of carbonyl (C=O) groups is 1. The topological polar surface area (TPSA) is 38.3 Å². The third-order valence-corrected chi connectivity index (χ3v) is 3.86. The zero-order valence-electron chi connectivity index (χ0n) is 12.6. The quantitative estimate of drug-likeness (QED) is 0.923. The van der Waals surface area contributed by atoms with Crippen molar-refractivity contribution in [2.45, 2.75) is 26.4 Å². The molecule has 22 heavy (non-hydrogen) atoms. The first-order valence-electron chi connectivity index (χ1n) is 7.36. The average molecular weight is 299 g/mol. The Balaban J connectivity index is 1.78. The van der Waals surface area contributed by atoms with E-state index in [1.807, 2.05) is 38.1 Å². The van der Waals surface area contributed by atoms with Gasteiger partial charge in [-0.2, -0.15) is 0 Å². The van der Waals surface area contributed by atoms with Crippen LogP contribution in [0.25, 0.3) is 0 Å². The molecular formula is C18H18FNO2. The highest BCUT2D eigenvalue weighted by Gasteiger charge is 2.33. The predicted octanol–water partition coefficient (Wildman–Crippen LogP) is 4.10. The number of carbonyl (C=O) groups excluding carboxylic acids is 1. The van der Waals surface area contributed by atoms with Gasteiger partial charge in [0, 0.05) is 5.69 Å². The fourth-order valence-corrected chi connectivity index (χ4v) is 2.81. The zero-order valence-corrected chi connectivity index (χ0v) is 12.6. The van der Waals surface area contributed by atoms with Gasteiger partial charge in [0.1, 0.15) is 18.2 Å². The number of fused-ring (bicyclic) bond motifs is 1. The van der Waals surface area contributed by atoms with Crippen LogP contribution in [0.15, 0.2) is 42.5 Å². The van der Waals surface area contributed by atoms with Crippen LogP contribution in [0.4, 0.5) is 10.1 Å². The second kappa shape index (κ2) is 5.79. The Bertz CT molecular complexity index is 712. The largest absolute Gasteiger partial charge is 0.489 e. The van der Waals surface area contributed by atoms with Crippen molar-refractivity contribution in [1.29, 1.82) is 0 Å². The molecule has 0 saturated carbocycles. The Hall–Kier alpha value is -2.36. The highest BCUT2D eigenvalue weighted by Crippen LogP contribution is 2.39. The third kappa shape index (κ3) is 2.82. The van der Waals surface area contributed by atoms with Crippen molar-refractivity contribution in [3.05, 3.63) is 59.4 Å². The summed E-state index contributed by atoms with van der Waals surface area (Å²) in [5.41, 5.74) is 2.59. The van der Waals surface area contributed by atoms with Crippen LogP contribution in [0.1, 0.15) is 30.9 Å². The van der Waals surface area contributed by atoms with E-state index in [9.17, 15) is 9.18 Å². The number of hydrogen-bond donors (Lipinski definition) is 1. The van der Waals surface area contributed by atoms with Crippen molar-refractivity contribution in [2.24, 2.45) is 5.92 Å². The van der Waals surface area contributed by atoms with Gasteiger partial charge in [0.15, 0.2) is 0 Å². The van der Waals surface area contributed by atoms with Gasteiger partial charge in [-0.3, -0.25) is 4.79 Å². The minimum absolute atomic E-state index is 0.0345. The average Bonchev–Trinajstić information content (AvgIpc) is 2.80. The molecule has 0 aliphatic carbocycles. The molecular weight excluding hydrogens is 281 g/mol. The molecule has 1 heterocycles. The number of nitrogens with one attached hydrogen (secondary N) is 1. The molecule has 1 unspecified atom stereocenters. The Morgan fingerprint density at radius 3 is 2.77 bits per heavy atom. The first-order valence-corrected chi connectivity index (χ1v) is 7.36. The van der Waals surface area contributed by atoms with Gasteiger partial charge in [0.25, 0.3) is 0 Å². The molecule has 0 radical (unpaired) electrons. The van der Waals surface area contributed by atoms with Crippen LogP contribution in [0.3, 0.4) is 0 Å². The maximum Gasteiger partial charge on any atom is 0.232 e. The monoisotopic (exact) mass is 299 g/mol. The van der Waals surface area contributed by atoms with E-state index < -0.39 is 0 Å². The maximum atomic E-state index is 13.2. The number of hydrogen-bond acceptors (Lipinski definition) is 2. The van der Waals surface area contributed by atoms with Gasteiger partial charge in [0.2, 0.25) is 5.91 Å². The lowest BCUT2D eigenvalue weighted by Gasteiger charge is -2.14. The van der Waals surface area contributed by atoms with Gasteiger partial charge < -0.3 is 10.1 Å². The Morgan fingerprint density at radius 2 is 2.05 bits per heavy atom. The molecule has 0 saturated heterocycles. The number of anilines is 1. The van der Waals surface area contributed by atoms with Crippen molar-refractivity contribution in [3.8, 4) is 5.75 Å². The summed E-state index contributed by atoms with van der Waals surface area (Å²) in [4.78, 5) is 12.0. The summed E-state index contributed by atoms with van der Waals surface area (Å²) < 4.78 is 18.9. The summed E-state index contributed by atoms with van der Waals surface area (Å²) in [7, 11) is 0. The van der Waals surface area contributed by atoms with E-state index in [-0.39, 0.29) is 23.6 Å². The van der Waals surface area contributed by atoms with Gasteiger partial charge in [-0.05, 0) is 47.4 Å². The molecule has 1 aliphatic heterocycles. The number of amides is 1. The standard InChI is InChI=1S/C18H18FNO2/c1-11(2)17-15-9-14(6-7-16(15)20-18(17)21)22-10-12-4-3-5-13(19)8-12/h3-9,11,17H,10H2,1-2H3,(H,20,21). The summed E-state index contributed by atoms with van der Waals surface area (Å²) in [6.45, 7) is 4.35. The second-order valence-corrected chi connectivity index (χ2v) is 5.88. The smallest absolute Gasteiger partial charge is 0.232 e. The van der Waals surface area contributed by atoms with Gasteiger partial charge in [-0.25, -0.2) is 4.39 Å². The van der Waals surface area contributed by atoms with Crippen LogP contribution in [0.2, 0.25) is 0 Å². The first kappa shape index (κ1) is 14.6. The van der Waals surface area contributed by atoms with Crippen LogP contribution < -0.4 is 10.1 Å². The number of ether oxygens (including phenoxy) is 1. The SMILES string of the molecule is CC(C)C1C(=O)Nc2ccc(OCc3cccc(F)c3)cc21. The van der Waals surface area contributed by atoms with Crippen LogP contribution in [0.5, 0.6) is 5.75 Å². The zero-order chi connectivity index (χ0) is 15.7. The highest BCUT2D eigenvalue weighted by molar-refractivity contribution is 6.03. The maximum absolute atomic E-state index is 13.2. The molecule has 3 rings (SSSR count). The van der Waals surface area contributed by atoms with E-state index in [0.717, 1.165) is 16.8 Å². The van der Waals surface area contributed by atoms with Crippen LogP contribution in [0, 0.1) is 11.7 Å². The molecule has 4 heteroatoms. The van der Waals surface area contributed by atoms with E-state index in [0.29, 0.717) is 12.4 Å². The van der Waals surface area contributed by atoms with E-state index in [2.05, 4.69) is 5.32 Å². The Labute approximate surface area is 129 Å². The van der Waals surface area contributed by atoms with Crippen LogP contribution in [-0.2, 0) is 11.4 Å². The van der Waals surface area contributed by atoms with E-state index in [1.165, 1.54) is 12.1 Å². The molecule has 2 aromatic rings. The summed E-state index contributed by atoms with van der Waals surface area (Å²) in [5, 5.41) is 2.89. The fourth-order valence-electron chi connectivity index (χ4n) is 2.81. The lowest BCUT2D eigenvalue weighted by Crippen LogP contribution is -2.16. The van der Waals surface area contributed by atoms with Gasteiger partial charge in [0.05, 0.1) is 5.92 Å². The molecule has 0 aromatic heterocycles. The van der Waals surface area contributed by atoms with Crippen LogP contribution >= 0.6 is 0 Å². The summed E-state index contributed by atoms with van der Waals surface area (Å²) in [5.74, 6) is 0.523. The molecule has 1 aliphatic rings. The number of halogens is 1. The minimum Gasteiger partial charge on any atom is -0.489 e. The lowest BCUT2D eigenvalue weighted by atomic mass is 9.90. The van der Waals surface area contributed by atoms with Gasteiger partial charge >= 0.3 is 0 Å². The molecule has 1 N–H and O–H groups in total. The van der Waals surface area contributed by atoms with Crippen LogP contribution in [-0.4, -0.2) is 5.91 Å². The second-order valence-electron chi connectivity index (χ2n) is 5.88. The van der Waals surface area contributed by atoms with E-state index in [1.54, 1.807) is 6.07 Å². The third-order valence-electron chi connectivity index (χ3n) is 3.86. The van der Waals surface area contributed by atoms with Gasteiger partial charge in [-0.1, -0.05) is 26.0 Å². The minimum atomic E-state index is -0.273.